The summed E-state index contributed by atoms with van der Waals surface area (Å²) in [6.07, 6.45) is 4.73. The number of ether oxygens (including phenoxy) is 1. The smallest absolute Gasteiger partial charge is 0.317 e. The lowest BCUT2D eigenvalue weighted by atomic mass is 9.95. The molecular formula is C22H30N4O3. The molecule has 1 aromatic heterocycles. The summed E-state index contributed by atoms with van der Waals surface area (Å²) in [6.45, 7) is 5.68. The number of carbonyl (C=O) groups excluding carboxylic acids is 1. The quantitative estimate of drug-likeness (QED) is 0.835. The molecule has 2 fully saturated rings. The minimum atomic E-state index is 0.00342. The van der Waals surface area contributed by atoms with E-state index in [4.69, 9.17) is 9.26 Å². The summed E-state index contributed by atoms with van der Waals surface area (Å²) in [5.74, 6) is 2.21. The van der Waals surface area contributed by atoms with E-state index in [9.17, 15) is 4.79 Å². The predicted molar refractivity (Wildman–Crippen MR) is 109 cm³/mol. The number of piperidine rings is 1. The van der Waals surface area contributed by atoms with Gasteiger partial charge in [-0.1, -0.05) is 35.0 Å². The molecule has 1 N–H and O–H groups in total. The second-order valence-electron chi connectivity index (χ2n) is 8.24. The first-order valence-electron chi connectivity index (χ1n) is 10.7. The van der Waals surface area contributed by atoms with Crippen LogP contribution in [0.2, 0.25) is 0 Å². The zero-order chi connectivity index (χ0) is 20.1. The lowest BCUT2D eigenvalue weighted by Crippen LogP contribution is -2.45. The Hall–Kier alpha value is -2.41. The number of rotatable bonds is 5. The second kappa shape index (κ2) is 9.39. The number of amides is 2. The average molecular weight is 399 g/mol. The van der Waals surface area contributed by atoms with Crippen molar-refractivity contribution in [1.82, 2.24) is 20.4 Å². The van der Waals surface area contributed by atoms with Crippen LogP contribution in [0.15, 0.2) is 28.8 Å². The molecule has 2 aliphatic heterocycles. The van der Waals surface area contributed by atoms with Gasteiger partial charge in [-0.25, -0.2) is 4.79 Å². The molecule has 0 spiro atoms. The molecule has 7 heteroatoms. The Bertz CT molecular complexity index is 799. The first-order chi connectivity index (χ1) is 14.2. The van der Waals surface area contributed by atoms with E-state index in [0.717, 1.165) is 69.8 Å². The molecule has 2 amide bonds. The first-order valence-corrected chi connectivity index (χ1v) is 10.7. The molecule has 7 nitrogen and oxygen atoms in total. The van der Waals surface area contributed by atoms with Crippen LogP contribution in [0.4, 0.5) is 4.79 Å². The molecule has 3 heterocycles. The van der Waals surface area contributed by atoms with Gasteiger partial charge in [-0.3, -0.25) is 0 Å². The van der Waals surface area contributed by atoms with Crippen LogP contribution in [0.5, 0.6) is 0 Å². The molecule has 4 rings (SSSR count). The van der Waals surface area contributed by atoms with Gasteiger partial charge in [-0.2, -0.15) is 4.98 Å². The monoisotopic (exact) mass is 398 g/mol. The van der Waals surface area contributed by atoms with E-state index in [1.54, 1.807) is 0 Å². The molecule has 0 bridgehead atoms. The van der Waals surface area contributed by atoms with Gasteiger partial charge in [0.2, 0.25) is 5.89 Å². The van der Waals surface area contributed by atoms with Gasteiger partial charge in [-0.05, 0) is 44.1 Å². The number of likely N-dealkylation sites (tertiary alicyclic amines) is 1. The molecule has 1 unspecified atom stereocenters. The van der Waals surface area contributed by atoms with Gasteiger partial charge >= 0.3 is 6.03 Å². The van der Waals surface area contributed by atoms with Gasteiger partial charge in [0.25, 0.3) is 0 Å². The minimum Gasteiger partial charge on any atom is -0.381 e. The van der Waals surface area contributed by atoms with Crippen LogP contribution < -0.4 is 5.32 Å². The predicted octanol–water partition coefficient (Wildman–Crippen LogP) is 3.44. The van der Waals surface area contributed by atoms with Crippen LogP contribution in [0.3, 0.4) is 0 Å². The number of aromatic nitrogens is 2. The van der Waals surface area contributed by atoms with Crippen LogP contribution >= 0.6 is 0 Å². The lowest BCUT2D eigenvalue weighted by molar-refractivity contribution is 0.0830. The maximum Gasteiger partial charge on any atom is 0.317 e. The van der Waals surface area contributed by atoms with Crippen LogP contribution in [0, 0.1) is 12.8 Å². The molecular weight excluding hydrogens is 368 g/mol. The summed E-state index contributed by atoms with van der Waals surface area (Å²) >= 11 is 0. The molecule has 2 aromatic rings. The van der Waals surface area contributed by atoms with Gasteiger partial charge < -0.3 is 19.5 Å². The van der Waals surface area contributed by atoms with Crippen LogP contribution in [-0.2, 0) is 17.7 Å². The third kappa shape index (κ3) is 5.35. The highest BCUT2D eigenvalue weighted by molar-refractivity contribution is 5.74. The number of benzene rings is 1. The largest absolute Gasteiger partial charge is 0.381 e. The first kappa shape index (κ1) is 19.9. The summed E-state index contributed by atoms with van der Waals surface area (Å²) in [5, 5.41) is 7.24. The van der Waals surface area contributed by atoms with Crippen molar-refractivity contribution in [2.75, 3.05) is 26.3 Å². The van der Waals surface area contributed by atoms with Crippen LogP contribution in [0.1, 0.15) is 54.4 Å². The number of hydrogen-bond acceptors (Lipinski definition) is 5. The molecule has 29 heavy (non-hydrogen) atoms. The van der Waals surface area contributed by atoms with Crippen molar-refractivity contribution in [2.24, 2.45) is 5.92 Å². The Morgan fingerprint density at radius 1 is 1.21 bits per heavy atom. The fraction of sp³-hybridized carbons (Fsp3) is 0.591. The number of nitrogens with one attached hydrogen (secondary N) is 1. The van der Waals surface area contributed by atoms with Gasteiger partial charge in [-0.15, -0.1) is 0 Å². The van der Waals surface area contributed by atoms with E-state index < -0.39 is 0 Å². The molecule has 1 aromatic carbocycles. The molecule has 2 aliphatic rings. The SMILES string of the molecule is Cc1ccc(CNC(=O)N2CCCC(Cc3nc(C4CCOCC4)no3)C2)cc1. The van der Waals surface area contributed by atoms with Crippen molar-refractivity contribution >= 4 is 6.03 Å². The zero-order valence-corrected chi connectivity index (χ0v) is 17.1. The molecule has 1 atom stereocenters. The number of urea groups is 1. The van der Waals surface area contributed by atoms with E-state index in [0.29, 0.717) is 24.3 Å². The number of carbonyl (C=O) groups is 1. The molecule has 156 valence electrons. The molecule has 0 aliphatic carbocycles. The number of nitrogens with zero attached hydrogens (tertiary/aromatic N) is 3. The average Bonchev–Trinajstić information content (AvgIpc) is 3.22. The highest BCUT2D eigenvalue weighted by atomic mass is 16.5. The van der Waals surface area contributed by atoms with Crippen molar-refractivity contribution in [2.45, 2.75) is 51.5 Å². The second-order valence-corrected chi connectivity index (χ2v) is 8.24. The third-order valence-electron chi connectivity index (χ3n) is 5.90. The van der Waals surface area contributed by atoms with Crippen molar-refractivity contribution in [3.8, 4) is 0 Å². The fourth-order valence-electron chi connectivity index (χ4n) is 4.13. The zero-order valence-electron chi connectivity index (χ0n) is 17.1. The molecule has 2 saturated heterocycles. The molecule has 0 saturated carbocycles. The van der Waals surface area contributed by atoms with Gasteiger partial charge in [0.1, 0.15) is 0 Å². The lowest BCUT2D eigenvalue weighted by Gasteiger charge is -2.32. The van der Waals surface area contributed by atoms with E-state index in [-0.39, 0.29) is 6.03 Å². The molecule has 0 radical (unpaired) electrons. The van der Waals surface area contributed by atoms with Gasteiger partial charge in [0.15, 0.2) is 5.82 Å². The van der Waals surface area contributed by atoms with E-state index in [2.05, 4.69) is 46.6 Å². The summed E-state index contributed by atoms with van der Waals surface area (Å²) in [7, 11) is 0. The Morgan fingerprint density at radius 3 is 2.79 bits per heavy atom. The summed E-state index contributed by atoms with van der Waals surface area (Å²) < 4.78 is 10.9. The Labute approximate surface area is 171 Å². The number of hydrogen-bond donors (Lipinski definition) is 1. The van der Waals surface area contributed by atoms with E-state index >= 15 is 0 Å². The third-order valence-corrected chi connectivity index (χ3v) is 5.90. The van der Waals surface area contributed by atoms with E-state index in [1.807, 2.05) is 4.90 Å². The van der Waals surface area contributed by atoms with Gasteiger partial charge in [0, 0.05) is 45.2 Å². The van der Waals surface area contributed by atoms with Crippen molar-refractivity contribution in [1.29, 1.82) is 0 Å². The Morgan fingerprint density at radius 2 is 2.00 bits per heavy atom. The minimum absolute atomic E-state index is 0.00342. The summed E-state index contributed by atoms with van der Waals surface area (Å²) in [6, 6.07) is 8.25. The standard InChI is InChI=1S/C22H30N4O3/c1-16-4-6-17(7-5-16)14-23-22(27)26-10-2-3-18(15-26)13-20-24-21(25-29-20)19-8-11-28-12-9-19/h4-7,18-19H,2-3,8-15H2,1H3,(H,23,27). The van der Waals surface area contributed by atoms with Gasteiger partial charge in [0.05, 0.1) is 0 Å². The number of aryl methyl sites for hydroxylation is 1. The van der Waals surface area contributed by atoms with Crippen molar-refractivity contribution < 1.29 is 14.1 Å². The highest BCUT2D eigenvalue weighted by Crippen LogP contribution is 2.26. The topological polar surface area (TPSA) is 80.5 Å². The van der Waals surface area contributed by atoms with Crippen molar-refractivity contribution in [3.05, 3.63) is 47.1 Å². The van der Waals surface area contributed by atoms with Crippen LogP contribution in [0.25, 0.3) is 0 Å². The normalized spacial score (nSPS) is 20.6. The maximum absolute atomic E-state index is 12.6. The summed E-state index contributed by atoms with van der Waals surface area (Å²) in [4.78, 5) is 19.1. The Balaban J connectivity index is 1.27. The maximum atomic E-state index is 12.6. The Kier molecular flexibility index (Phi) is 6.44. The van der Waals surface area contributed by atoms with Crippen LogP contribution in [-0.4, -0.2) is 47.4 Å². The summed E-state index contributed by atoms with van der Waals surface area (Å²) in [5.41, 5.74) is 2.34. The van der Waals surface area contributed by atoms with Crippen molar-refractivity contribution in [3.63, 3.8) is 0 Å². The van der Waals surface area contributed by atoms with E-state index in [1.165, 1.54) is 5.56 Å². The highest BCUT2D eigenvalue weighted by Gasteiger charge is 2.27. The fourth-order valence-corrected chi connectivity index (χ4v) is 4.13.